The molecule has 1 aliphatic rings. The van der Waals surface area contributed by atoms with Gasteiger partial charge in [-0.3, -0.25) is 14.4 Å². The van der Waals surface area contributed by atoms with Crippen LogP contribution < -0.4 is 0 Å². The topological polar surface area (TPSA) is 108 Å². The molecule has 1 saturated heterocycles. The molecule has 3 unspecified atom stereocenters. The van der Waals surface area contributed by atoms with Crippen LogP contribution in [0.5, 0.6) is 0 Å². The molecule has 8 heteroatoms. The third-order valence-corrected chi connectivity index (χ3v) is 3.88. The first kappa shape index (κ1) is 19.4. The van der Waals surface area contributed by atoms with E-state index >= 15 is 0 Å². The van der Waals surface area contributed by atoms with Crippen molar-refractivity contribution in [3.8, 4) is 0 Å². The Morgan fingerprint density at radius 3 is 2.13 bits per heavy atom. The van der Waals surface area contributed by atoms with E-state index in [4.69, 9.17) is 18.9 Å². The van der Waals surface area contributed by atoms with Crippen molar-refractivity contribution in [3.05, 3.63) is 0 Å². The number of ether oxygens (including phenoxy) is 4. The van der Waals surface area contributed by atoms with Gasteiger partial charge in [-0.15, -0.1) is 0 Å². The number of carbonyl (C=O) groups is 3. The summed E-state index contributed by atoms with van der Waals surface area (Å²) in [5, 5.41) is 10.1. The van der Waals surface area contributed by atoms with Crippen LogP contribution in [0.2, 0.25) is 0 Å². The number of hydrogen-bond donors (Lipinski definition) is 1. The molecule has 6 atom stereocenters. The average molecular weight is 332 g/mol. The predicted octanol–water partition coefficient (Wildman–Crippen LogP) is 0.402. The second kappa shape index (κ2) is 8.26. The molecule has 23 heavy (non-hydrogen) atoms. The van der Waals surface area contributed by atoms with Crippen LogP contribution in [0.15, 0.2) is 0 Å². The van der Waals surface area contributed by atoms with E-state index in [9.17, 15) is 19.5 Å². The summed E-state index contributed by atoms with van der Waals surface area (Å²) in [7, 11) is 0. The summed E-state index contributed by atoms with van der Waals surface area (Å²) in [5.41, 5.74) is 0. The van der Waals surface area contributed by atoms with E-state index in [1.165, 1.54) is 20.8 Å². The Morgan fingerprint density at radius 2 is 1.65 bits per heavy atom. The van der Waals surface area contributed by atoms with Gasteiger partial charge in [-0.25, -0.2) is 0 Å². The van der Waals surface area contributed by atoms with Crippen molar-refractivity contribution in [1.29, 1.82) is 0 Å². The van der Waals surface area contributed by atoms with Gasteiger partial charge in [-0.05, 0) is 5.92 Å². The highest BCUT2D eigenvalue weighted by Gasteiger charge is 2.46. The van der Waals surface area contributed by atoms with Crippen molar-refractivity contribution in [2.45, 2.75) is 59.2 Å². The lowest BCUT2D eigenvalue weighted by atomic mass is 9.81. The summed E-state index contributed by atoms with van der Waals surface area (Å²) in [6, 6.07) is 0. The fourth-order valence-corrected chi connectivity index (χ4v) is 2.61. The largest absolute Gasteiger partial charge is 0.462 e. The second-order valence-corrected chi connectivity index (χ2v) is 5.73. The monoisotopic (exact) mass is 332 g/mol. The Kier molecular flexibility index (Phi) is 6.96. The number of aliphatic hydroxyl groups excluding tert-OH is 1. The van der Waals surface area contributed by atoms with Crippen molar-refractivity contribution >= 4 is 17.9 Å². The summed E-state index contributed by atoms with van der Waals surface area (Å²) in [4.78, 5) is 33.4. The van der Waals surface area contributed by atoms with Crippen molar-refractivity contribution in [1.82, 2.24) is 0 Å². The normalized spacial score (nSPS) is 31.8. The summed E-state index contributed by atoms with van der Waals surface area (Å²) in [6.07, 6.45) is -3.73. The van der Waals surface area contributed by atoms with E-state index in [1.54, 1.807) is 6.92 Å². The van der Waals surface area contributed by atoms with Crippen LogP contribution in [0.1, 0.15) is 34.6 Å². The molecule has 0 radical (unpaired) electrons. The Morgan fingerprint density at radius 1 is 1.04 bits per heavy atom. The third kappa shape index (κ3) is 5.47. The predicted molar refractivity (Wildman–Crippen MR) is 76.9 cm³/mol. The minimum atomic E-state index is -1.36. The zero-order chi connectivity index (χ0) is 17.7. The summed E-state index contributed by atoms with van der Waals surface area (Å²) in [6.45, 7) is 7.16. The maximum atomic E-state index is 11.3. The van der Waals surface area contributed by atoms with Gasteiger partial charge in [-0.2, -0.15) is 0 Å². The number of esters is 3. The van der Waals surface area contributed by atoms with E-state index < -0.39 is 42.5 Å². The van der Waals surface area contributed by atoms with Crippen LogP contribution >= 0.6 is 0 Å². The fourth-order valence-electron chi connectivity index (χ4n) is 2.61. The molecule has 132 valence electrons. The van der Waals surface area contributed by atoms with E-state index in [-0.39, 0.29) is 18.4 Å². The van der Waals surface area contributed by atoms with E-state index in [0.29, 0.717) is 0 Å². The molecular weight excluding hydrogens is 308 g/mol. The molecule has 0 amide bonds. The van der Waals surface area contributed by atoms with Crippen LogP contribution in [-0.4, -0.2) is 54.2 Å². The van der Waals surface area contributed by atoms with Crippen molar-refractivity contribution < 1.29 is 38.4 Å². The molecular formula is C15H24O8. The number of rotatable bonds is 5. The quantitative estimate of drug-likeness (QED) is 0.569. The third-order valence-electron chi connectivity index (χ3n) is 3.88. The van der Waals surface area contributed by atoms with Gasteiger partial charge in [-0.1, -0.05) is 13.8 Å². The van der Waals surface area contributed by atoms with Gasteiger partial charge >= 0.3 is 17.9 Å². The highest BCUT2D eigenvalue weighted by molar-refractivity contribution is 5.67. The zero-order valence-electron chi connectivity index (χ0n) is 14.0. The molecule has 0 bridgehead atoms. The van der Waals surface area contributed by atoms with Crippen molar-refractivity contribution in [2.75, 3.05) is 6.61 Å². The lowest BCUT2D eigenvalue weighted by Crippen LogP contribution is -2.56. The van der Waals surface area contributed by atoms with Crippen molar-refractivity contribution in [2.24, 2.45) is 11.8 Å². The fraction of sp³-hybridized carbons (Fsp3) is 0.800. The molecule has 0 saturated carbocycles. The molecule has 1 rings (SSSR count). The molecule has 0 spiro atoms. The Hall–Kier alpha value is -1.67. The maximum absolute atomic E-state index is 11.3. The smallest absolute Gasteiger partial charge is 0.303 e. The van der Waals surface area contributed by atoms with Crippen LogP contribution in [0.3, 0.4) is 0 Å². The van der Waals surface area contributed by atoms with Gasteiger partial charge < -0.3 is 24.1 Å². The molecule has 0 aliphatic carbocycles. The van der Waals surface area contributed by atoms with Gasteiger partial charge in [0, 0.05) is 26.7 Å². The molecule has 0 aromatic carbocycles. The number of aliphatic hydroxyl groups is 1. The molecule has 8 nitrogen and oxygen atoms in total. The molecule has 1 aliphatic heterocycles. The van der Waals surface area contributed by atoms with Crippen LogP contribution in [0.4, 0.5) is 0 Å². The number of hydrogen-bond acceptors (Lipinski definition) is 8. The standard InChI is InChI=1S/C15H24O8/c1-7-8(2)14(22-11(5)18)15(19)23-13(7)12(21-10(4)17)6-20-9(3)16/h7-8,12-15,19H,6H2,1-5H3/t7-,8-,12+,13?,14?,15?/m0/s1. The van der Waals surface area contributed by atoms with Gasteiger partial charge in [0.2, 0.25) is 0 Å². The average Bonchev–Trinajstić information content (AvgIpc) is 2.43. The summed E-state index contributed by atoms with van der Waals surface area (Å²) >= 11 is 0. The minimum absolute atomic E-state index is 0.179. The Bertz CT molecular complexity index is 449. The van der Waals surface area contributed by atoms with Gasteiger partial charge in [0.1, 0.15) is 12.7 Å². The van der Waals surface area contributed by atoms with Crippen LogP contribution in [-0.2, 0) is 33.3 Å². The second-order valence-electron chi connectivity index (χ2n) is 5.73. The molecule has 0 aromatic rings. The highest BCUT2D eigenvalue weighted by Crippen LogP contribution is 2.34. The van der Waals surface area contributed by atoms with Gasteiger partial charge in [0.05, 0.1) is 0 Å². The van der Waals surface area contributed by atoms with Gasteiger partial charge in [0.25, 0.3) is 0 Å². The molecule has 1 fully saturated rings. The Labute approximate surface area is 135 Å². The van der Waals surface area contributed by atoms with E-state index in [0.717, 1.165) is 0 Å². The lowest BCUT2D eigenvalue weighted by Gasteiger charge is -2.44. The SMILES string of the molecule is CC(=O)OC[C@@H](OC(C)=O)C1OC(O)C(OC(C)=O)[C@@H](C)[C@@H]1C. The lowest BCUT2D eigenvalue weighted by molar-refractivity contribution is -0.276. The van der Waals surface area contributed by atoms with Crippen molar-refractivity contribution in [3.63, 3.8) is 0 Å². The van der Waals surface area contributed by atoms with Crippen LogP contribution in [0.25, 0.3) is 0 Å². The van der Waals surface area contributed by atoms with Gasteiger partial charge in [0.15, 0.2) is 18.5 Å². The molecule has 0 aromatic heterocycles. The first-order chi connectivity index (χ1) is 10.6. The Balaban J connectivity index is 2.88. The van der Waals surface area contributed by atoms with E-state index in [2.05, 4.69) is 0 Å². The molecule has 1 heterocycles. The summed E-state index contributed by atoms with van der Waals surface area (Å²) < 4.78 is 20.6. The first-order valence-corrected chi connectivity index (χ1v) is 7.44. The zero-order valence-corrected chi connectivity index (χ0v) is 14.0. The van der Waals surface area contributed by atoms with Crippen LogP contribution in [0, 0.1) is 11.8 Å². The maximum Gasteiger partial charge on any atom is 0.303 e. The minimum Gasteiger partial charge on any atom is -0.462 e. The summed E-state index contributed by atoms with van der Waals surface area (Å²) in [5.74, 6) is -2.06. The first-order valence-electron chi connectivity index (χ1n) is 7.44. The number of carbonyl (C=O) groups excluding carboxylic acids is 3. The van der Waals surface area contributed by atoms with E-state index in [1.807, 2.05) is 6.92 Å². The molecule has 1 N–H and O–H groups in total. The highest BCUT2D eigenvalue weighted by atomic mass is 16.7.